The van der Waals surface area contributed by atoms with Crippen LogP contribution in [0.2, 0.25) is 0 Å². The lowest BCUT2D eigenvalue weighted by molar-refractivity contribution is 0.395. The summed E-state index contributed by atoms with van der Waals surface area (Å²) in [5, 5.41) is 15.2. The van der Waals surface area contributed by atoms with Crippen LogP contribution in [0.25, 0.3) is 16.8 Å². The third-order valence-electron chi connectivity index (χ3n) is 4.02. The van der Waals surface area contributed by atoms with Crippen LogP contribution in [0.3, 0.4) is 0 Å². The van der Waals surface area contributed by atoms with Crippen LogP contribution in [0.15, 0.2) is 54.0 Å². The molecule has 0 amide bonds. The zero-order valence-electron chi connectivity index (χ0n) is 15.7. The van der Waals surface area contributed by atoms with Crippen molar-refractivity contribution >= 4 is 22.6 Å². The Kier molecular flexibility index (Phi) is 6.14. The number of nitrogens with zero attached hydrogens (tertiary/aromatic N) is 2. The Morgan fingerprint density at radius 3 is 2.39 bits per heavy atom. The minimum atomic E-state index is 0.433. The number of benzene rings is 2. The van der Waals surface area contributed by atoms with Gasteiger partial charge in [-0.3, -0.25) is 0 Å². The molecule has 0 spiro atoms. The van der Waals surface area contributed by atoms with Gasteiger partial charge in [0, 0.05) is 23.2 Å². The number of hydrogen-bond acceptors (Lipinski definition) is 7. The molecule has 2 aromatic carbocycles. The summed E-state index contributed by atoms with van der Waals surface area (Å²) < 4.78 is 15.7. The monoisotopic (exact) mass is 393 g/mol. The summed E-state index contributed by atoms with van der Waals surface area (Å²) in [6.45, 7) is 0. The van der Waals surface area contributed by atoms with Crippen molar-refractivity contribution in [1.29, 1.82) is 5.26 Å². The molecule has 28 heavy (non-hydrogen) atoms. The molecule has 6 nitrogen and oxygen atoms in total. The van der Waals surface area contributed by atoms with Crippen LogP contribution in [0.1, 0.15) is 5.01 Å². The number of nitrogens with one attached hydrogen (secondary N) is 1. The molecule has 0 aliphatic rings. The van der Waals surface area contributed by atoms with E-state index in [1.54, 1.807) is 33.6 Å². The lowest BCUT2D eigenvalue weighted by atomic mass is 10.2. The first-order valence-corrected chi connectivity index (χ1v) is 9.25. The van der Waals surface area contributed by atoms with Gasteiger partial charge >= 0.3 is 0 Å². The van der Waals surface area contributed by atoms with Crippen molar-refractivity contribution in [3.8, 4) is 34.6 Å². The van der Waals surface area contributed by atoms with E-state index >= 15 is 0 Å². The van der Waals surface area contributed by atoms with Crippen LogP contribution >= 0.6 is 11.3 Å². The summed E-state index contributed by atoms with van der Waals surface area (Å²) >= 11 is 1.41. The first-order valence-electron chi connectivity index (χ1n) is 8.37. The maximum atomic E-state index is 9.55. The van der Waals surface area contributed by atoms with E-state index in [0.717, 1.165) is 22.7 Å². The number of rotatable bonds is 7. The second kappa shape index (κ2) is 8.93. The SMILES string of the molecule is COc1ccc(-c2csc(/C(C#N)=C\Nc3ccc(OC)cc3OC)n2)cc1. The lowest BCUT2D eigenvalue weighted by Gasteiger charge is -2.10. The maximum absolute atomic E-state index is 9.55. The predicted octanol–water partition coefficient (Wildman–Crippen LogP) is 4.81. The van der Waals surface area contributed by atoms with Gasteiger partial charge in [-0.05, 0) is 36.4 Å². The Morgan fingerprint density at radius 2 is 1.75 bits per heavy atom. The van der Waals surface area contributed by atoms with Crippen LogP contribution in [-0.2, 0) is 0 Å². The van der Waals surface area contributed by atoms with Crippen molar-refractivity contribution in [1.82, 2.24) is 4.98 Å². The second-order valence-corrected chi connectivity index (χ2v) is 6.50. The van der Waals surface area contributed by atoms with E-state index in [4.69, 9.17) is 14.2 Å². The van der Waals surface area contributed by atoms with E-state index in [0.29, 0.717) is 22.1 Å². The van der Waals surface area contributed by atoms with Crippen LogP contribution in [-0.4, -0.2) is 26.3 Å². The third kappa shape index (κ3) is 4.24. The smallest absolute Gasteiger partial charge is 0.145 e. The summed E-state index contributed by atoms with van der Waals surface area (Å²) in [6.07, 6.45) is 1.63. The summed E-state index contributed by atoms with van der Waals surface area (Å²) in [5.74, 6) is 2.09. The average molecular weight is 393 g/mol. The Balaban J connectivity index is 1.82. The van der Waals surface area contributed by atoms with Crippen molar-refractivity contribution < 1.29 is 14.2 Å². The fourth-order valence-electron chi connectivity index (χ4n) is 2.50. The molecule has 0 fully saturated rings. The van der Waals surface area contributed by atoms with Gasteiger partial charge in [0.05, 0.1) is 32.7 Å². The van der Waals surface area contributed by atoms with Gasteiger partial charge in [-0.25, -0.2) is 4.98 Å². The predicted molar refractivity (Wildman–Crippen MR) is 111 cm³/mol. The van der Waals surface area contributed by atoms with Crippen LogP contribution in [0.5, 0.6) is 17.2 Å². The Hall–Kier alpha value is -3.50. The molecule has 0 bridgehead atoms. The van der Waals surface area contributed by atoms with Gasteiger partial charge in [0.1, 0.15) is 33.9 Å². The topological polar surface area (TPSA) is 76.4 Å². The van der Waals surface area contributed by atoms with Gasteiger partial charge < -0.3 is 19.5 Å². The molecule has 7 heteroatoms. The fourth-order valence-corrected chi connectivity index (χ4v) is 3.30. The quantitative estimate of drug-likeness (QED) is 0.581. The molecule has 142 valence electrons. The highest BCUT2D eigenvalue weighted by molar-refractivity contribution is 7.11. The molecule has 1 aromatic heterocycles. The standard InChI is InChI=1S/C21H19N3O3S/c1-25-16-6-4-14(5-7-16)19-13-28-21(24-19)15(11-22)12-23-18-9-8-17(26-2)10-20(18)27-3/h4-10,12-13,23H,1-3H3/b15-12-. The molecule has 0 atom stereocenters. The van der Waals surface area contributed by atoms with Crippen molar-refractivity contribution in [3.63, 3.8) is 0 Å². The van der Waals surface area contributed by atoms with E-state index < -0.39 is 0 Å². The molecule has 1 heterocycles. The largest absolute Gasteiger partial charge is 0.497 e. The van der Waals surface area contributed by atoms with E-state index in [9.17, 15) is 5.26 Å². The Labute approximate surface area is 167 Å². The van der Waals surface area contributed by atoms with Crippen molar-refractivity contribution in [3.05, 3.63) is 59.1 Å². The molecule has 3 aromatic rings. The highest BCUT2D eigenvalue weighted by atomic mass is 32.1. The van der Waals surface area contributed by atoms with Crippen molar-refractivity contribution in [2.24, 2.45) is 0 Å². The van der Waals surface area contributed by atoms with Gasteiger partial charge in [0.15, 0.2) is 0 Å². The van der Waals surface area contributed by atoms with Crippen LogP contribution in [0.4, 0.5) is 5.69 Å². The molecule has 1 N–H and O–H groups in total. The minimum absolute atomic E-state index is 0.433. The molecule has 3 rings (SSSR count). The highest BCUT2D eigenvalue weighted by Crippen LogP contribution is 2.31. The van der Waals surface area contributed by atoms with Crippen LogP contribution in [0, 0.1) is 11.3 Å². The van der Waals surface area contributed by atoms with Gasteiger partial charge in [0.25, 0.3) is 0 Å². The van der Waals surface area contributed by atoms with Crippen LogP contribution < -0.4 is 19.5 Å². The van der Waals surface area contributed by atoms with E-state index in [-0.39, 0.29) is 0 Å². The molecular formula is C21H19N3O3S. The fraction of sp³-hybridized carbons (Fsp3) is 0.143. The minimum Gasteiger partial charge on any atom is -0.497 e. The molecule has 0 unspecified atom stereocenters. The maximum Gasteiger partial charge on any atom is 0.145 e. The summed E-state index contributed by atoms with van der Waals surface area (Å²) in [6, 6.07) is 15.2. The van der Waals surface area contributed by atoms with Crippen molar-refractivity contribution in [2.45, 2.75) is 0 Å². The number of hydrogen-bond donors (Lipinski definition) is 1. The number of anilines is 1. The third-order valence-corrected chi connectivity index (χ3v) is 4.90. The molecule has 0 saturated heterocycles. The van der Waals surface area contributed by atoms with Gasteiger partial charge in [-0.15, -0.1) is 11.3 Å². The summed E-state index contributed by atoms with van der Waals surface area (Å²) in [7, 11) is 4.81. The molecular weight excluding hydrogens is 374 g/mol. The number of methoxy groups -OCH3 is 3. The zero-order valence-corrected chi connectivity index (χ0v) is 16.5. The lowest BCUT2D eigenvalue weighted by Crippen LogP contribution is -1.95. The number of allylic oxidation sites excluding steroid dienone is 1. The first-order chi connectivity index (χ1) is 13.7. The number of nitriles is 1. The average Bonchev–Trinajstić information content (AvgIpc) is 3.24. The molecule has 0 aliphatic carbocycles. The van der Waals surface area contributed by atoms with Gasteiger partial charge in [-0.2, -0.15) is 5.26 Å². The number of ether oxygens (including phenoxy) is 3. The molecule has 0 aliphatic heterocycles. The number of aromatic nitrogens is 1. The molecule has 0 radical (unpaired) electrons. The second-order valence-electron chi connectivity index (χ2n) is 5.65. The van der Waals surface area contributed by atoms with Gasteiger partial charge in [0.2, 0.25) is 0 Å². The summed E-state index contributed by atoms with van der Waals surface area (Å²) in [4.78, 5) is 4.59. The van der Waals surface area contributed by atoms with Crippen molar-refractivity contribution in [2.75, 3.05) is 26.6 Å². The zero-order chi connectivity index (χ0) is 19.9. The Morgan fingerprint density at radius 1 is 1.04 bits per heavy atom. The number of thiazole rings is 1. The van der Waals surface area contributed by atoms with E-state index in [2.05, 4.69) is 16.4 Å². The molecule has 0 saturated carbocycles. The highest BCUT2D eigenvalue weighted by Gasteiger charge is 2.10. The summed E-state index contributed by atoms with van der Waals surface area (Å²) in [5.41, 5.74) is 2.93. The Bertz CT molecular complexity index is 1020. The normalized spacial score (nSPS) is 10.9. The van der Waals surface area contributed by atoms with Gasteiger partial charge in [-0.1, -0.05) is 0 Å². The van der Waals surface area contributed by atoms with E-state index in [1.807, 2.05) is 41.8 Å². The van der Waals surface area contributed by atoms with E-state index in [1.165, 1.54) is 11.3 Å². The first kappa shape index (κ1) is 19.3.